The van der Waals surface area contributed by atoms with Gasteiger partial charge in [-0.2, -0.15) is 0 Å². The molecule has 0 aliphatic heterocycles. The van der Waals surface area contributed by atoms with Crippen molar-refractivity contribution >= 4 is 27.5 Å². The van der Waals surface area contributed by atoms with Crippen molar-refractivity contribution in [2.45, 2.75) is 57.1 Å². The quantitative estimate of drug-likeness (QED) is 0.680. The highest BCUT2D eigenvalue weighted by molar-refractivity contribution is 9.09. The fraction of sp³-hybridized carbons (Fsp3) is 0.625. The molecule has 3 atom stereocenters. The number of benzene rings is 1. The van der Waals surface area contributed by atoms with Crippen LogP contribution in [-0.4, -0.2) is 23.6 Å². The van der Waals surface area contributed by atoms with Crippen molar-refractivity contribution in [1.29, 1.82) is 0 Å². The summed E-state index contributed by atoms with van der Waals surface area (Å²) in [5.41, 5.74) is 2.21. The van der Waals surface area contributed by atoms with Crippen molar-refractivity contribution in [2.75, 3.05) is 6.61 Å². The van der Waals surface area contributed by atoms with Gasteiger partial charge in [0.1, 0.15) is 18.0 Å². The molecule has 1 saturated carbocycles. The van der Waals surface area contributed by atoms with Gasteiger partial charge in [-0.25, -0.2) is 0 Å². The third-order valence-electron chi connectivity index (χ3n) is 3.73. The van der Waals surface area contributed by atoms with Crippen molar-refractivity contribution in [3.05, 3.63) is 28.3 Å². The van der Waals surface area contributed by atoms with E-state index in [0.717, 1.165) is 28.3 Å². The van der Waals surface area contributed by atoms with E-state index < -0.39 is 0 Å². The maximum Gasteiger partial charge on any atom is 0.127 e. The minimum Gasteiger partial charge on any atom is -0.487 e. The standard InChI is InChI=1S/C16H22BrClO2/c1-5-19-16-12(17)8-15(16)20-14-7-11(9(2)3)13(18)6-10(14)4/h6-7,9,12,15-16H,5,8H2,1-4H3. The number of aryl methyl sites for hydroxylation is 1. The lowest BCUT2D eigenvalue weighted by atomic mass is 9.91. The Morgan fingerprint density at radius 3 is 2.65 bits per heavy atom. The van der Waals surface area contributed by atoms with Gasteiger partial charge >= 0.3 is 0 Å². The monoisotopic (exact) mass is 360 g/mol. The van der Waals surface area contributed by atoms with Crippen LogP contribution in [0.25, 0.3) is 0 Å². The van der Waals surface area contributed by atoms with Crippen molar-refractivity contribution in [2.24, 2.45) is 0 Å². The molecule has 0 heterocycles. The predicted molar refractivity (Wildman–Crippen MR) is 87.4 cm³/mol. The number of hydrogen-bond donors (Lipinski definition) is 0. The smallest absolute Gasteiger partial charge is 0.127 e. The van der Waals surface area contributed by atoms with E-state index >= 15 is 0 Å². The number of halogens is 2. The molecule has 112 valence electrons. The van der Waals surface area contributed by atoms with Gasteiger partial charge in [-0.3, -0.25) is 0 Å². The van der Waals surface area contributed by atoms with E-state index in [9.17, 15) is 0 Å². The third-order valence-corrected chi connectivity index (χ3v) is 4.96. The zero-order valence-corrected chi connectivity index (χ0v) is 14.8. The molecule has 1 aromatic rings. The summed E-state index contributed by atoms with van der Waals surface area (Å²) in [5, 5.41) is 0.818. The van der Waals surface area contributed by atoms with E-state index in [0.29, 0.717) is 17.4 Å². The summed E-state index contributed by atoms with van der Waals surface area (Å²) in [6, 6.07) is 4.07. The molecule has 1 aliphatic carbocycles. The highest BCUT2D eigenvalue weighted by atomic mass is 79.9. The van der Waals surface area contributed by atoms with E-state index in [1.807, 2.05) is 19.9 Å². The molecule has 1 aliphatic rings. The van der Waals surface area contributed by atoms with Crippen LogP contribution in [0, 0.1) is 6.92 Å². The lowest BCUT2D eigenvalue weighted by Gasteiger charge is -2.41. The molecule has 1 fully saturated rings. The molecular weight excluding hydrogens is 340 g/mol. The predicted octanol–water partition coefficient (Wildman–Crippen LogP) is 5.09. The van der Waals surface area contributed by atoms with Crippen LogP contribution >= 0.6 is 27.5 Å². The summed E-state index contributed by atoms with van der Waals surface area (Å²) in [4.78, 5) is 0.393. The second-order valence-corrected chi connectivity index (χ2v) is 7.21. The fourth-order valence-corrected chi connectivity index (χ4v) is 3.75. The Labute approximate surface area is 134 Å². The first-order chi connectivity index (χ1) is 9.43. The fourth-order valence-electron chi connectivity index (χ4n) is 2.45. The zero-order valence-electron chi connectivity index (χ0n) is 12.5. The topological polar surface area (TPSA) is 18.5 Å². The van der Waals surface area contributed by atoms with Crippen LogP contribution in [0.3, 0.4) is 0 Å². The molecule has 1 aromatic carbocycles. The average molecular weight is 362 g/mol. The maximum absolute atomic E-state index is 6.29. The molecule has 0 amide bonds. The second-order valence-electron chi connectivity index (χ2n) is 5.62. The molecule has 0 spiro atoms. The van der Waals surface area contributed by atoms with Gasteiger partial charge in [0.15, 0.2) is 0 Å². The summed E-state index contributed by atoms with van der Waals surface area (Å²) < 4.78 is 11.9. The van der Waals surface area contributed by atoms with E-state index in [2.05, 4.69) is 35.8 Å². The molecule has 0 bridgehead atoms. The number of alkyl halides is 1. The van der Waals surface area contributed by atoms with Crippen LogP contribution in [0.4, 0.5) is 0 Å². The van der Waals surface area contributed by atoms with Crippen LogP contribution < -0.4 is 4.74 Å². The Balaban J connectivity index is 2.15. The van der Waals surface area contributed by atoms with Gasteiger partial charge in [0.2, 0.25) is 0 Å². The van der Waals surface area contributed by atoms with Gasteiger partial charge in [0, 0.05) is 22.9 Å². The Hall–Kier alpha value is -0.250. The molecule has 0 N–H and O–H groups in total. The minimum absolute atomic E-state index is 0.124. The van der Waals surface area contributed by atoms with Gasteiger partial charge in [0.05, 0.1) is 0 Å². The number of ether oxygens (including phenoxy) is 2. The van der Waals surface area contributed by atoms with Crippen LogP contribution in [-0.2, 0) is 4.74 Å². The Bertz CT molecular complexity index is 476. The first-order valence-corrected chi connectivity index (χ1v) is 8.45. The maximum atomic E-state index is 6.29. The van der Waals surface area contributed by atoms with Gasteiger partial charge in [-0.05, 0) is 43.0 Å². The van der Waals surface area contributed by atoms with Crippen LogP contribution in [0.1, 0.15) is 44.2 Å². The molecular formula is C16H22BrClO2. The first kappa shape index (κ1) is 16.1. The molecule has 0 saturated heterocycles. The Kier molecular flexibility index (Phi) is 5.38. The minimum atomic E-state index is 0.124. The average Bonchev–Trinajstić information content (AvgIpc) is 2.37. The van der Waals surface area contributed by atoms with E-state index in [-0.39, 0.29) is 12.2 Å². The Morgan fingerprint density at radius 1 is 1.40 bits per heavy atom. The summed E-state index contributed by atoms with van der Waals surface area (Å²) >= 11 is 9.92. The summed E-state index contributed by atoms with van der Waals surface area (Å²) in [7, 11) is 0. The molecule has 3 unspecified atom stereocenters. The SMILES string of the molecule is CCOC1C(Br)CC1Oc1cc(C(C)C)c(Cl)cc1C. The zero-order chi connectivity index (χ0) is 14.9. The van der Waals surface area contributed by atoms with Crippen LogP contribution in [0.2, 0.25) is 5.02 Å². The first-order valence-electron chi connectivity index (χ1n) is 7.16. The Morgan fingerprint density at radius 2 is 2.10 bits per heavy atom. The molecule has 0 radical (unpaired) electrons. The molecule has 2 nitrogen and oxygen atoms in total. The van der Waals surface area contributed by atoms with Gasteiger partial charge < -0.3 is 9.47 Å². The van der Waals surface area contributed by atoms with Crippen molar-refractivity contribution in [3.63, 3.8) is 0 Å². The largest absolute Gasteiger partial charge is 0.487 e. The van der Waals surface area contributed by atoms with Gasteiger partial charge in [-0.15, -0.1) is 0 Å². The number of rotatable bonds is 5. The molecule has 0 aromatic heterocycles. The van der Waals surface area contributed by atoms with Crippen molar-refractivity contribution in [1.82, 2.24) is 0 Å². The third kappa shape index (κ3) is 3.32. The van der Waals surface area contributed by atoms with Crippen LogP contribution in [0.15, 0.2) is 12.1 Å². The summed E-state index contributed by atoms with van der Waals surface area (Å²) in [6.07, 6.45) is 1.24. The highest BCUT2D eigenvalue weighted by Crippen LogP contribution is 2.37. The molecule has 2 rings (SSSR count). The van der Waals surface area contributed by atoms with Crippen molar-refractivity contribution < 1.29 is 9.47 Å². The highest BCUT2D eigenvalue weighted by Gasteiger charge is 2.42. The lowest BCUT2D eigenvalue weighted by molar-refractivity contribution is -0.0725. The van der Waals surface area contributed by atoms with Gasteiger partial charge in [-0.1, -0.05) is 41.4 Å². The van der Waals surface area contributed by atoms with Crippen molar-refractivity contribution in [3.8, 4) is 5.75 Å². The molecule has 4 heteroatoms. The number of hydrogen-bond acceptors (Lipinski definition) is 2. The lowest BCUT2D eigenvalue weighted by Crippen LogP contribution is -2.52. The summed E-state index contributed by atoms with van der Waals surface area (Å²) in [6.45, 7) is 9.04. The molecule has 20 heavy (non-hydrogen) atoms. The van der Waals surface area contributed by atoms with Crippen LogP contribution in [0.5, 0.6) is 5.75 Å². The van der Waals surface area contributed by atoms with Gasteiger partial charge in [0.25, 0.3) is 0 Å². The second kappa shape index (κ2) is 6.67. The summed E-state index contributed by atoms with van der Waals surface area (Å²) in [5.74, 6) is 1.31. The van der Waals surface area contributed by atoms with E-state index in [1.54, 1.807) is 0 Å². The van der Waals surface area contributed by atoms with E-state index in [1.165, 1.54) is 0 Å². The normalized spacial score (nSPS) is 25.6. The van der Waals surface area contributed by atoms with E-state index in [4.69, 9.17) is 21.1 Å².